The lowest BCUT2D eigenvalue weighted by Crippen LogP contribution is -2.18. The molecule has 9 heteroatoms. The predicted octanol–water partition coefficient (Wildman–Crippen LogP) is 4.10. The largest absolute Gasteiger partial charge is 0.280 e. The maximum absolute atomic E-state index is 13.0. The molecule has 3 aromatic rings. The molecule has 0 fully saturated rings. The zero-order chi connectivity index (χ0) is 20.7. The predicted molar refractivity (Wildman–Crippen MR) is 110 cm³/mol. The molecule has 0 aliphatic carbocycles. The standard InChI is InChI=1S/C19H19ClN2O4S2/c1-13-9-10-16(12-18(13)20)21-27(23,24)19-11-14(2)22(15(19)3)28(25,26)17-7-5-4-6-8-17/h4-12,21H,1-3H3. The normalized spacial score (nSPS) is 12.1. The summed E-state index contributed by atoms with van der Waals surface area (Å²) in [4.78, 5) is -0.0276. The average molecular weight is 439 g/mol. The van der Waals surface area contributed by atoms with Gasteiger partial charge in [0, 0.05) is 10.7 Å². The molecule has 6 nitrogen and oxygen atoms in total. The molecule has 0 saturated carbocycles. The monoisotopic (exact) mass is 438 g/mol. The molecule has 0 unspecified atom stereocenters. The molecule has 28 heavy (non-hydrogen) atoms. The molecule has 0 bridgehead atoms. The van der Waals surface area contributed by atoms with E-state index in [-0.39, 0.29) is 15.5 Å². The fourth-order valence-corrected chi connectivity index (χ4v) is 6.12. The fraction of sp³-hybridized carbons (Fsp3) is 0.158. The second-order valence-corrected chi connectivity index (χ2v) is 10.2. The number of hydrogen-bond acceptors (Lipinski definition) is 4. The van der Waals surface area contributed by atoms with Crippen molar-refractivity contribution in [3.8, 4) is 0 Å². The van der Waals surface area contributed by atoms with Crippen LogP contribution in [0, 0.1) is 20.8 Å². The van der Waals surface area contributed by atoms with Crippen LogP contribution >= 0.6 is 11.6 Å². The number of aryl methyl sites for hydroxylation is 2. The Morgan fingerprint density at radius 1 is 0.893 bits per heavy atom. The van der Waals surface area contributed by atoms with Crippen molar-refractivity contribution in [2.45, 2.75) is 30.6 Å². The van der Waals surface area contributed by atoms with Gasteiger partial charge >= 0.3 is 0 Å². The summed E-state index contributed by atoms with van der Waals surface area (Å²) >= 11 is 6.06. The van der Waals surface area contributed by atoms with E-state index in [0.29, 0.717) is 16.4 Å². The van der Waals surface area contributed by atoms with Crippen molar-refractivity contribution < 1.29 is 16.8 Å². The van der Waals surface area contributed by atoms with Gasteiger partial charge in [-0.25, -0.2) is 20.8 Å². The zero-order valence-electron chi connectivity index (χ0n) is 15.5. The van der Waals surface area contributed by atoms with E-state index in [2.05, 4.69) is 4.72 Å². The van der Waals surface area contributed by atoms with Crippen LogP contribution in [0.5, 0.6) is 0 Å². The van der Waals surface area contributed by atoms with E-state index in [1.54, 1.807) is 37.3 Å². The van der Waals surface area contributed by atoms with Crippen LogP contribution in [0.15, 0.2) is 64.4 Å². The Balaban J connectivity index is 2.07. The lowest BCUT2D eigenvalue weighted by Gasteiger charge is -2.12. The van der Waals surface area contributed by atoms with E-state index in [1.165, 1.54) is 31.2 Å². The molecular formula is C19H19ClN2O4S2. The number of anilines is 1. The second-order valence-electron chi connectivity index (χ2n) is 6.39. The molecule has 2 aromatic carbocycles. The molecule has 1 heterocycles. The van der Waals surface area contributed by atoms with Crippen LogP contribution in [-0.2, 0) is 20.0 Å². The van der Waals surface area contributed by atoms with Gasteiger partial charge in [0.1, 0.15) is 4.90 Å². The molecule has 0 amide bonds. The van der Waals surface area contributed by atoms with Crippen molar-refractivity contribution in [1.29, 1.82) is 0 Å². The quantitative estimate of drug-likeness (QED) is 0.649. The first-order valence-corrected chi connectivity index (χ1v) is 11.6. The summed E-state index contributed by atoms with van der Waals surface area (Å²) in [6, 6.07) is 14.0. The molecule has 1 N–H and O–H groups in total. The molecule has 0 radical (unpaired) electrons. The summed E-state index contributed by atoms with van der Waals surface area (Å²) < 4.78 is 55.2. The van der Waals surface area contributed by atoms with Gasteiger partial charge in [-0.15, -0.1) is 0 Å². The number of hydrogen-bond donors (Lipinski definition) is 1. The fourth-order valence-electron chi connectivity index (χ4n) is 2.92. The van der Waals surface area contributed by atoms with Crippen LogP contribution < -0.4 is 4.72 Å². The summed E-state index contributed by atoms with van der Waals surface area (Å²) in [6.45, 7) is 4.82. The maximum atomic E-state index is 13.0. The van der Waals surface area contributed by atoms with Gasteiger partial charge in [-0.1, -0.05) is 35.9 Å². The zero-order valence-corrected chi connectivity index (χ0v) is 17.9. The third kappa shape index (κ3) is 3.67. The lowest BCUT2D eigenvalue weighted by molar-refractivity contribution is 0.584. The van der Waals surface area contributed by atoms with Gasteiger partial charge in [0.2, 0.25) is 0 Å². The Hall–Kier alpha value is -2.29. The first-order valence-electron chi connectivity index (χ1n) is 8.32. The number of nitrogens with zero attached hydrogens (tertiary/aromatic N) is 1. The van der Waals surface area contributed by atoms with Crippen molar-refractivity contribution >= 4 is 37.3 Å². The molecule has 0 saturated heterocycles. The number of rotatable bonds is 5. The maximum Gasteiger partial charge on any atom is 0.268 e. The van der Waals surface area contributed by atoms with E-state index < -0.39 is 20.0 Å². The summed E-state index contributed by atoms with van der Waals surface area (Å²) in [5, 5.41) is 0.428. The third-order valence-corrected chi connectivity index (χ3v) is 8.13. The van der Waals surface area contributed by atoms with Crippen LogP contribution in [0.1, 0.15) is 17.0 Å². The summed E-state index contributed by atoms with van der Waals surface area (Å²) in [6.07, 6.45) is 0. The molecule has 0 spiro atoms. The van der Waals surface area contributed by atoms with Crippen LogP contribution in [-0.4, -0.2) is 20.8 Å². The van der Waals surface area contributed by atoms with E-state index in [9.17, 15) is 16.8 Å². The SMILES string of the molecule is Cc1ccc(NS(=O)(=O)c2cc(C)n(S(=O)(=O)c3ccccc3)c2C)cc1Cl. The first-order chi connectivity index (χ1) is 13.0. The average Bonchev–Trinajstić information content (AvgIpc) is 2.94. The molecule has 1 aromatic heterocycles. The Morgan fingerprint density at radius 2 is 1.54 bits per heavy atom. The van der Waals surface area contributed by atoms with Gasteiger partial charge in [0.25, 0.3) is 20.0 Å². The van der Waals surface area contributed by atoms with E-state index >= 15 is 0 Å². The van der Waals surface area contributed by atoms with Crippen LogP contribution in [0.25, 0.3) is 0 Å². The first kappa shape index (κ1) is 20.4. The molecule has 3 rings (SSSR count). The van der Waals surface area contributed by atoms with Crippen molar-refractivity contribution in [2.75, 3.05) is 4.72 Å². The smallest absolute Gasteiger partial charge is 0.268 e. The van der Waals surface area contributed by atoms with Gasteiger partial charge in [0.15, 0.2) is 0 Å². The summed E-state index contributed by atoms with van der Waals surface area (Å²) in [5.74, 6) is 0. The molecule has 148 valence electrons. The Morgan fingerprint density at radius 3 is 2.14 bits per heavy atom. The molecule has 0 aliphatic heterocycles. The topological polar surface area (TPSA) is 85.2 Å². The number of sulfonamides is 1. The Bertz CT molecular complexity index is 1250. The van der Waals surface area contributed by atoms with Crippen LogP contribution in [0.2, 0.25) is 5.02 Å². The van der Waals surface area contributed by atoms with Crippen molar-refractivity contribution in [3.05, 3.63) is 76.6 Å². The van der Waals surface area contributed by atoms with Crippen LogP contribution in [0.3, 0.4) is 0 Å². The number of aromatic nitrogens is 1. The minimum absolute atomic E-state index is 0.0824. The van der Waals surface area contributed by atoms with E-state index in [0.717, 1.165) is 9.54 Å². The van der Waals surface area contributed by atoms with Gasteiger partial charge in [-0.05, 0) is 56.7 Å². The van der Waals surface area contributed by atoms with Crippen molar-refractivity contribution in [1.82, 2.24) is 3.97 Å². The molecule has 0 aliphatic rings. The van der Waals surface area contributed by atoms with Crippen molar-refractivity contribution in [3.63, 3.8) is 0 Å². The van der Waals surface area contributed by atoms with E-state index in [4.69, 9.17) is 11.6 Å². The number of benzene rings is 2. The second kappa shape index (κ2) is 7.27. The minimum atomic E-state index is -4.01. The molecule has 0 atom stereocenters. The highest BCUT2D eigenvalue weighted by molar-refractivity contribution is 7.93. The van der Waals surface area contributed by atoms with Crippen LogP contribution in [0.4, 0.5) is 5.69 Å². The summed E-state index contributed by atoms with van der Waals surface area (Å²) in [5.41, 5.74) is 1.51. The van der Waals surface area contributed by atoms with E-state index in [1.807, 2.05) is 6.92 Å². The Kier molecular flexibility index (Phi) is 5.31. The summed E-state index contributed by atoms with van der Waals surface area (Å²) in [7, 11) is -7.93. The lowest BCUT2D eigenvalue weighted by atomic mass is 10.2. The van der Waals surface area contributed by atoms with Gasteiger partial charge < -0.3 is 0 Å². The third-order valence-electron chi connectivity index (χ3n) is 4.32. The van der Waals surface area contributed by atoms with Crippen molar-refractivity contribution in [2.24, 2.45) is 0 Å². The number of nitrogens with one attached hydrogen (secondary N) is 1. The Labute approximate surface area is 169 Å². The number of halogens is 1. The van der Waals surface area contributed by atoms with Gasteiger partial charge in [-0.3, -0.25) is 4.72 Å². The highest BCUT2D eigenvalue weighted by atomic mass is 35.5. The molecular weight excluding hydrogens is 420 g/mol. The van der Waals surface area contributed by atoms with Gasteiger partial charge in [0.05, 0.1) is 16.3 Å². The van der Waals surface area contributed by atoms with Gasteiger partial charge in [-0.2, -0.15) is 0 Å². The highest BCUT2D eigenvalue weighted by Gasteiger charge is 2.28. The minimum Gasteiger partial charge on any atom is -0.280 e. The highest BCUT2D eigenvalue weighted by Crippen LogP contribution is 2.28.